The van der Waals surface area contributed by atoms with Crippen molar-refractivity contribution in [1.29, 1.82) is 0 Å². The Bertz CT molecular complexity index is 245. The lowest BCUT2D eigenvalue weighted by molar-refractivity contribution is -0.156. The molecule has 2 rings (SSSR count). The van der Waals surface area contributed by atoms with Crippen LogP contribution in [-0.4, -0.2) is 31.1 Å². The summed E-state index contributed by atoms with van der Waals surface area (Å²) >= 11 is 0. The van der Waals surface area contributed by atoms with E-state index in [4.69, 9.17) is 14.2 Å². The molecule has 2 aliphatic rings. The van der Waals surface area contributed by atoms with Crippen molar-refractivity contribution in [1.82, 2.24) is 0 Å². The van der Waals surface area contributed by atoms with Crippen molar-refractivity contribution in [3.8, 4) is 0 Å². The molecule has 2 heterocycles. The SMILES string of the molecule is CC1(CCCC2CCCC(=O)O2)OCCO1. The molecule has 2 aliphatic heterocycles. The minimum atomic E-state index is -0.404. The van der Waals surface area contributed by atoms with Crippen LogP contribution >= 0.6 is 0 Å². The van der Waals surface area contributed by atoms with Crippen molar-refractivity contribution in [3.05, 3.63) is 0 Å². The van der Waals surface area contributed by atoms with Gasteiger partial charge in [0.1, 0.15) is 6.10 Å². The van der Waals surface area contributed by atoms with Gasteiger partial charge in [0, 0.05) is 12.8 Å². The van der Waals surface area contributed by atoms with E-state index in [1.807, 2.05) is 6.92 Å². The molecule has 1 unspecified atom stereocenters. The standard InChI is InChI=1S/C12H20O4/c1-12(14-8-9-15-12)7-3-5-10-4-2-6-11(13)16-10/h10H,2-9H2,1H3. The van der Waals surface area contributed by atoms with Crippen molar-refractivity contribution >= 4 is 5.97 Å². The normalized spacial score (nSPS) is 29.1. The van der Waals surface area contributed by atoms with E-state index in [1.54, 1.807) is 0 Å². The molecule has 2 fully saturated rings. The molecule has 4 nitrogen and oxygen atoms in total. The molecule has 1 atom stereocenters. The van der Waals surface area contributed by atoms with E-state index in [2.05, 4.69) is 0 Å². The lowest BCUT2D eigenvalue weighted by Gasteiger charge is -2.25. The van der Waals surface area contributed by atoms with E-state index in [0.717, 1.165) is 32.1 Å². The van der Waals surface area contributed by atoms with Gasteiger partial charge in [-0.05, 0) is 32.6 Å². The highest BCUT2D eigenvalue weighted by molar-refractivity contribution is 5.70. The van der Waals surface area contributed by atoms with Gasteiger partial charge in [0.15, 0.2) is 5.79 Å². The zero-order chi connectivity index (χ0) is 11.4. The maximum absolute atomic E-state index is 11.1. The summed E-state index contributed by atoms with van der Waals surface area (Å²) < 4.78 is 16.3. The fourth-order valence-corrected chi connectivity index (χ4v) is 2.33. The van der Waals surface area contributed by atoms with Crippen molar-refractivity contribution < 1.29 is 19.0 Å². The van der Waals surface area contributed by atoms with E-state index in [0.29, 0.717) is 19.6 Å². The summed E-state index contributed by atoms with van der Waals surface area (Å²) in [6, 6.07) is 0. The van der Waals surface area contributed by atoms with E-state index in [9.17, 15) is 4.79 Å². The molecule has 0 N–H and O–H groups in total. The van der Waals surface area contributed by atoms with Crippen LogP contribution in [0, 0.1) is 0 Å². The topological polar surface area (TPSA) is 44.8 Å². The largest absolute Gasteiger partial charge is 0.462 e. The molecular weight excluding hydrogens is 208 g/mol. The number of hydrogen-bond donors (Lipinski definition) is 0. The molecule has 0 aromatic heterocycles. The Hall–Kier alpha value is -0.610. The molecule has 0 aromatic carbocycles. The van der Waals surface area contributed by atoms with Gasteiger partial charge in [0.2, 0.25) is 0 Å². The predicted octanol–water partition coefficient (Wildman–Crippen LogP) is 2.02. The van der Waals surface area contributed by atoms with Gasteiger partial charge in [0.05, 0.1) is 13.2 Å². The highest BCUT2D eigenvalue weighted by Gasteiger charge is 2.30. The molecule has 0 saturated carbocycles. The lowest BCUT2D eigenvalue weighted by atomic mass is 10.0. The van der Waals surface area contributed by atoms with Crippen LogP contribution in [0.1, 0.15) is 45.4 Å². The summed E-state index contributed by atoms with van der Waals surface area (Å²) in [5, 5.41) is 0. The Kier molecular flexibility index (Phi) is 3.82. The molecule has 92 valence electrons. The number of cyclic esters (lactones) is 1. The summed E-state index contributed by atoms with van der Waals surface area (Å²) in [4.78, 5) is 11.1. The third-order valence-corrected chi connectivity index (χ3v) is 3.26. The minimum absolute atomic E-state index is 0.0455. The number of carbonyl (C=O) groups is 1. The number of ether oxygens (including phenoxy) is 3. The first-order valence-electron chi connectivity index (χ1n) is 6.15. The van der Waals surface area contributed by atoms with Gasteiger partial charge in [0.25, 0.3) is 0 Å². The number of esters is 1. The Morgan fingerprint density at radius 3 is 2.81 bits per heavy atom. The van der Waals surface area contributed by atoms with Gasteiger partial charge in [-0.15, -0.1) is 0 Å². The summed E-state index contributed by atoms with van der Waals surface area (Å²) in [6.07, 6.45) is 5.45. The van der Waals surface area contributed by atoms with Crippen LogP contribution < -0.4 is 0 Å². The first kappa shape index (κ1) is 11.9. The average molecular weight is 228 g/mol. The third kappa shape index (κ3) is 3.19. The van der Waals surface area contributed by atoms with E-state index in [-0.39, 0.29) is 12.1 Å². The molecule has 0 bridgehead atoms. The molecule has 4 heteroatoms. The van der Waals surface area contributed by atoms with Crippen LogP contribution in [0.15, 0.2) is 0 Å². The summed E-state index contributed by atoms with van der Waals surface area (Å²) in [6.45, 7) is 3.36. The molecule has 0 aliphatic carbocycles. The van der Waals surface area contributed by atoms with E-state index >= 15 is 0 Å². The Morgan fingerprint density at radius 1 is 1.38 bits per heavy atom. The van der Waals surface area contributed by atoms with Gasteiger partial charge < -0.3 is 14.2 Å². The maximum atomic E-state index is 11.1. The number of rotatable bonds is 4. The highest BCUT2D eigenvalue weighted by atomic mass is 16.7. The van der Waals surface area contributed by atoms with Crippen LogP contribution in [0.3, 0.4) is 0 Å². The van der Waals surface area contributed by atoms with E-state index in [1.165, 1.54) is 0 Å². The smallest absolute Gasteiger partial charge is 0.306 e. The van der Waals surface area contributed by atoms with Crippen LogP contribution in [0.5, 0.6) is 0 Å². The second-order valence-electron chi connectivity index (χ2n) is 4.73. The second-order valence-corrected chi connectivity index (χ2v) is 4.73. The van der Waals surface area contributed by atoms with Crippen LogP contribution in [-0.2, 0) is 19.0 Å². The van der Waals surface area contributed by atoms with Gasteiger partial charge in [-0.3, -0.25) is 4.79 Å². The summed E-state index contributed by atoms with van der Waals surface area (Å²) in [5.41, 5.74) is 0. The van der Waals surface area contributed by atoms with Crippen molar-refractivity contribution in [2.45, 2.75) is 57.3 Å². The third-order valence-electron chi connectivity index (χ3n) is 3.26. The van der Waals surface area contributed by atoms with Crippen LogP contribution in [0.4, 0.5) is 0 Å². The zero-order valence-electron chi connectivity index (χ0n) is 9.87. The van der Waals surface area contributed by atoms with Crippen molar-refractivity contribution in [3.63, 3.8) is 0 Å². The Morgan fingerprint density at radius 2 is 2.12 bits per heavy atom. The predicted molar refractivity (Wildman–Crippen MR) is 57.9 cm³/mol. The molecule has 0 aromatic rings. The highest BCUT2D eigenvalue weighted by Crippen LogP contribution is 2.26. The zero-order valence-corrected chi connectivity index (χ0v) is 9.87. The van der Waals surface area contributed by atoms with E-state index < -0.39 is 5.79 Å². The van der Waals surface area contributed by atoms with Crippen molar-refractivity contribution in [2.75, 3.05) is 13.2 Å². The maximum Gasteiger partial charge on any atom is 0.306 e. The minimum Gasteiger partial charge on any atom is -0.462 e. The first-order valence-corrected chi connectivity index (χ1v) is 6.15. The molecule has 16 heavy (non-hydrogen) atoms. The molecule has 2 saturated heterocycles. The first-order chi connectivity index (χ1) is 7.68. The second kappa shape index (κ2) is 5.15. The summed E-state index contributed by atoms with van der Waals surface area (Å²) in [7, 11) is 0. The van der Waals surface area contributed by atoms with Gasteiger partial charge >= 0.3 is 5.97 Å². The fraction of sp³-hybridized carbons (Fsp3) is 0.917. The van der Waals surface area contributed by atoms with Gasteiger partial charge in [-0.2, -0.15) is 0 Å². The monoisotopic (exact) mass is 228 g/mol. The average Bonchev–Trinajstić information content (AvgIpc) is 2.65. The Balaban J connectivity index is 1.65. The Labute approximate surface area is 96.2 Å². The number of hydrogen-bond acceptors (Lipinski definition) is 4. The molecule has 0 spiro atoms. The van der Waals surface area contributed by atoms with Gasteiger partial charge in [-0.25, -0.2) is 0 Å². The van der Waals surface area contributed by atoms with Crippen LogP contribution in [0.2, 0.25) is 0 Å². The molecule has 0 amide bonds. The number of carbonyl (C=O) groups excluding carboxylic acids is 1. The fourth-order valence-electron chi connectivity index (χ4n) is 2.33. The quantitative estimate of drug-likeness (QED) is 0.690. The molecule has 0 radical (unpaired) electrons. The molecular formula is C12H20O4. The lowest BCUT2D eigenvalue weighted by Crippen LogP contribution is -2.27. The van der Waals surface area contributed by atoms with Crippen molar-refractivity contribution in [2.24, 2.45) is 0 Å². The van der Waals surface area contributed by atoms with Gasteiger partial charge in [-0.1, -0.05) is 0 Å². The van der Waals surface area contributed by atoms with Crippen LogP contribution in [0.25, 0.3) is 0 Å². The summed E-state index contributed by atoms with van der Waals surface area (Å²) in [5.74, 6) is -0.450.